The number of amides is 4. The Morgan fingerprint density at radius 1 is 1.26 bits per heavy atom. The number of pyridine rings is 1. The summed E-state index contributed by atoms with van der Waals surface area (Å²) < 4.78 is 19.8. The van der Waals surface area contributed by atoms with E-state index in [4.69, 9.17) is 4.74 Å². The summed E-state index contributed by atoms with van der Waals surface area (Å²) in [7, 11) is 1.32. The Labute approximate surface area is 177 Å². The second-order valence-corrected chi connectivity index (χ2v) is 7.34. The quantitative estimate of drug-likeness (QED) is 0.571. The van der Waals surface area contributed by atoms with Gasteiger partial charge < -0.3 is 15.0 Å². The van der Waals surface area contributed by atoms with Gasteiger partial charge in [-0.2, -0.15) is 0 Å². The molecule has 4 rings (SSSR count). The molecule has 9 heteroatoms. The summed E-state index contributed by atoms with van der Waals surface area (Å²) in [5.74, 6) is 3.58. The molecule has 2 aromatic rings. The lowest BCUT2D eigenvalue weighted by Crippen LogP contribution is -2.56. The molecule has 1 aromatic carbocycles. The van der Waals surface area contributed by atoms with E-state index >= 15 is 0 Å². The predicted octanol–water partition coefficient (Wildman–Crippen LogP) is 1.17. The van der Waals surface area contributed by atoms with Crippen LogP contribution in [0.3, 0.4) is 0 Å². The molecular weight excluding hydrogens is 403 g/mol. The number of rotatable bonds is 3. The molecule has 3 heterocycles. The van der Waals surface area contributed by atoms with E-state index in [0.717, 1.165) is 5.69 Å². The van der Waals surface area contributed by atoms with E-state index in [1.165, 1.54) is 18.1 Å². The van der Waals surface area contributed by atoms with Gasteiger partial charge in [-0.05, 0) is 37.1 Å². The van der Waals surface area contributed by atoms with E-state index in [2.05, 4.69) is 27.5 Å². The number of benzene rings is 1. The zero-order chi connectivity index (χ0) is 22.2. The number of nitrogens with one attached hydrogen (secondary N) is 2. The highest BCUT2D eigenvalue weighted by molar-refractivity contribution is 6.10. The number of aryl methyl sites for hydroxylation is 1. The van der Waals surface area contributed by atoms with Crippen LogP contribution in [0.2, 0.25) is 0 Å². The number of hydrogen-bond donors (Lipinski definition) is 2. The lowest BCUT2D eigenvalue weighted by molar-refractivity contribution is -0.122. The van der Waals surface area contributed by atoms with Gasteiger partial charge in [-0.1, -0.05) is 17.9 Å². The molecule has 1 atom stereocenters. The molecular formula is C22H19FN4O4. The van der Waals surface area contributed by atoms with Gasteiger partial charge in [-0.25, -0.2) is 9.18 Å². The molecule has 0 saturated carbocycles. The molecule has 4 amide bonds. The number of halogens is 1. The predicted molar refractivity (Wildman–Crippen MR) is 108 cm³/mol. The maximum Gasteiger partial charge on any atom is 0.323 e. The normalized spacial score (nSPS) is 19.8. The topological polar surface area (TPSA) is 101 Å². The molecule has 2 aliphatic heterocycles. The molecule has 2 aliphatic rings. The number of ether oxygens (including phenoxy) is 1. The van der Waals surface area contributed by atoms with E-state index in [1.807, 2.05) is 6.92 Å². The van der Waals surface area contributed by atoms with E-state index in [9.17, 15) is 18.8 Å². The molecule has 0 radical (unpaired) electrons. The number of urea groups is 1. The second-order valence-electron chi connectivity index (χ2n) is 7.34. The van der Waals surface area contributed by atoms with Crippen LogP contribution in [0.25, 0.3) is 0 Å². The van der Waals surface area contributed by atoms with Crippen molar-refractivity contribution in [3.63, 3.8) is 0 Å². The Morgan fingerprint density at radius 3 is 2.71 bits per heavy atom. The largest absolute Gasteiger partial charge is 0.494 e. The van der Waals surface area contributed by atoms with Gasteiger partial charge in [-0.15, -0.1) is 0 Å². The van der Waals surface area contributed by atoms with Crippen LogP contribution in [0.15, 0.2) is 30.5 Å². The van der Waals surface area contributed by atoms with Crippen LogP contribution >= 0.6 is 0 Å². The number of aromatic nitrogens is 1. The summed E-state index contributed by atoms with van der Waals surface area (Å²) in [5.41, 5.74) is 0.156. The highest BCUT2D eigenvalue weighted by atomic mass is 19.1. The molecule has 0 spiro atoms. The fraction of sp³-hybridized carbons (Fsp3) is 0.273. The highest BCUT2D eigenvalue weighted by Gasteiger charge is 2.48. The Bertz CT molecular complexity index is 1150. The van der Waals surface area contributed by atoms with Crippen LogP contribution in [0.1, 0.15) is 27.2 Å². The van der Waals surface area contributed by atoms with Crippen molar-refractivity contribution >= 4 is 17.8 Å². The van der Waals surface area contributed by atoms with Gasteiger partial charge in [0.25, 0.3) is 11.8 Å². The third-order valence-electron chi connectivity index (χ3n) is 5.27. The van der Waals surface area contributed by atoms with Gasteiger partial charge in [0.1, 0.15) is 0 Å². The Kier molecular flexibility index (Phi) is 5.07. The molecule has 158 valence electrons. The maximum absolute atomic E-state index is 14.8. The first-order valence-electron chi connectivity index (χ1n) is 9.57. The van der Waals surface area contributed by atoms with Gasteiger partial charge in [0.15, 0.2) is 11.6 Å². The molecule has 2 N–H and O–H groups in total. The Morgan fingerprint density at radius 2 is 2.06 bits per heavy atom. The van der Waals surface area contributed by atoms with Crippen molar-refractivity contribution in [3.05, 3.63) is 58.7 Å². The van der Waals surface area contributed by atoms with E-state index in [-0.39, 0.29) is 24.4 Å². The third kappa shape index (κ3) is 3.68. The number of carbonyl (C=O) groups is 3. The average molecular weight is 422 g/mol. The van der Waals surface area contributed by atoms with Crippen LogP contribution in [0, 0.1) is 24.6 Å². The average Bonchev–Trinajstić information content (AvgIpc) is 3.03. The summed E-state index contributed by atoms with van der Waals surface area (Å²) in [5, 5.41) is 4.69. The van der Waals surface area contributed by atoms with E-state index < -0.39 is 29.2 Å². The molecule has 1 fully saturated rings. The monoisotopic (exact) mass is 422 g/mol. The Hall–Kier alpha value is -3.93. The number of hydrogen-bond acceptors (Lipinski definition) is 5. The zero-order valence-corrected chi connectivity index (χ0v) is 16.9. The zero-order valence-electron chi connectivity index (χ0n) is 16.9. The minimum absolute atomic E-state index is 0.0396. The summed E-state index contributed by atoms with van der Waals surface area (Å²) >= 11 is 0. The minimum Gasteiger partial charge on any atom is -0.494 e. The summed E-state index contributed by atoms with van der Waals surface area (Å²) in [6.07, 6.45) is 1.94. The third-order valence-corrected chi connectivity index (χ3v) is 5.27. The van der Waals surface area contributed by atoms with Crippen LogP contribution in [-0.4, -0.2) is 53.5 Å². The van der Waals surface area contributed by atoms with Gasteiger partial charge in [0, 0.05) is 24.0 Å². The first kappa shape index (κ1) is 20.3. The van der Waals surface area contributed by atoms with Crippen molar-refractivity contribution in [1.29, 1.82) is 0 Å². The molecule has 1 aromatic heterocycles. The standard InChI is InChI=1S/C22H19FN4O4/c1-13-3-4-14(11-24-13)7-9-22(20(29)25-21(30)26-22)12-27-10-8-15-5-6-16(31-2)18(23)17(15)19(27)28/h3-6,11H,8,10,12H2,1-2H3,(H2,25,26,29,30)/t22-/m1/s1. The number of imide groups is 1. The summed E-state index contributed by atoms with van der Waals surface area (Å²) in [4.78, 5) is 43.0. The highest BCUT2D eigenvalue weighted by Crippen LogP contribution is 2.29. The second kappa shape index (κ2) is 7.72. The van der Waals surface area contributed by atoms with Gasteiger partial charge in [0.05, 0.1) is 19.2 Å². The van der Waals surface area contributed by atoms with Gasteiger partial charge in [0.2, 0.25) is 5.54 Å². The van der Waals surface area contributed by atoms with Crippen molar-refractivity contribution in [3.8, 4) is 17.6 Å². The van der Waals surface area contributed by atoms with Gasteiger partial charge >= 0.3 is 6.03 Å². The molecule has 31 heavy (non-hydrogen) atoms. The first-order valence-corrected chi connectivity index (χ1v) is 9.57. The minimum atomic E-state index is -1.66. The van der Waals surface area contributed by atoms with Crippen LogP contribution in [-0.2, 0) is 11.2 Å². The van der Waals surface area contributed by atoms with Crippen molar-refractivity contribution < 1.29 is 23.5 Å². The van der Waals surface area contributed by atoms with Crippen LogP contribution < -0.4 is 15.4 Å². The summed E-state index contributed by atoms with van der Waals surface area (Å²) in [6.45, 7) is 1.85. The molecule has 0 unspecified atom stereocenters. The van der Waals surface area contributed by atoms with Crippen molar-refractivity contribution in [2.75, 3.05) is 20.2 Å². The van der Waals surface area contributed by atoms with Crippen LogP contribution in [0.4, 0.5) is 9.18 Å². The number of carbonyl (C=O) groups excluding carboxylic acids is 3. The fourth-order valence-electron chi connectivity index (χ4n) is 3.60. The molecule has 1 saturated heterocycles. The number of nitrogens with zero attached hydrogens (tertiary/aromatic N) is 2. The lowest BCUT2D eigenvalue weighted by atomic mass is 9.94. The molecule has 0 aliphatic carbocycles. The SMILES string of the molecule is COc1ccc2c(c1F)C(=O)N(C[C@@]1(C#Cc3ccc(C)nc3)NC(=O)NC1=O)CC2. The van der Waals surface area contributed by atoms with Crippen molar-refractivity contribution in [1.82, 2.24) is 20.5 Å². The van der Waals surface area contributed by atoms with E-state index in [0.29, 0.717) is 17.5 Å². The fourth-order valence-corrected chi connectivity index (χ4v) is 3.60. The molecule has 8 nitrogen and oxygen atoms in total. The maximum atomic E-state index is 14.8. The number of fused-ring (bicyclic) bond motifs is 1. The smallest absolute Gasteiger partial charge is 0.323 e. The van der Waals surface area contributed by atoms with Crippen LogP contribution in [0.5, 0.6) is 5.75 Å². The van der Waals surface area contributed by atoms with Crippen molar-refractivity contribution in [2.45, 2.75) is 18.9 Å². The van der Waals surface area contributed by atoms with E-state index in [1.54, 1.807) is 24.4 Å². The molecule has 0 bridgehead atoms. The number of methoxy groups -OCH3 is 1. The Balaban J connectivity index is 1.68. The van der Waals surface area contributed by atoms with Gasteiger partial charge in [-0.3, -0.25) is 19.9 Å². The summed E-state index contributed by atoms with van der Waals surface area (Å²) in [6, 6.07) is 5.92. The lowest BCUT2D eigenvalue weighted by Gasteiger charge is -2.33. The first-order chi connectivity index (χ1) is 14.8. The van der Waals surface area contributed by atoms with Crippen molar-refractivity contribution in [2.24, 2.45) is 0 Å².